The fourth-order valence-electron chi connectivity index (χ4n) is 2.80. The molecule has 0 unspecified atom stereocenters. The number of amides is 1. The van der Waals surface area contributed by atoms with Gasteiger partial charge in [0.1, 0.15) is 0 Å². The average molecular weight is 368 g/mol. The molecule has 1 aromatic heterocycles. The minimum atomic E-state index is -1.11. The third-order valence-corrected chi connectivity index (χ3v) is 4.26. The predicted octanol–water partition coefficient (Wildman–Crippen LogP) is 3.46. The Morgan fingerprint density at radius 2 is 1.85 bits per heavy atom. The number of nitrogens with one attached hydrogen (secondary N) is 2. The number of nitrogens with zero attached hydrogens (tertiary/aromatic N) is 1. The Kier molecular flexibility index (Phi) is 3.59. The largest absolute Gasteiger partial charge is 0.478 e. The predicted molar refractivity (Wildman–Crippen MR) is 96.4 cm³/mol. The Hall–Kier alpha value is -3.45. The van der Waals surface area contributed by atoms with Gasteiger partial charge in [0.15, 0.2) is 5.82 Å². The van der Waals surface area contributed by atoms with Gasteiger partial charge in [0, 0.05) is 16.1 Å². The first kappa shape index (κ1) is 16.0. The summed E-state index contributed by atoms with van der Waals surface area (Å²) in [6.07, 6.45) is 0. The van der Waals surface area contributed by atoms with E-state index < -0.39 is 17.7 Å². The van der Waals surface area contributed by atoms with Gasteiger partial charge in [-0.3, -0.25) is 9.59 Å². The first-order chi connectivity index (χ1) is 12.4. The second-order valence-corrected chi connectivity index (χ2v) is 6.10. The van der Waals surface area contributed by atoms with Crippen LogP contribution in [0, 0.1) is 0 Å². The molecule has 0 saturated heterocycles. The van der Waals surface area contributed by atoms with E-state index in [-0.39, 0.29) is 22.6 Å². The number of carboxylic acids is 1. The molecular weight excluding hydrogens is 358 g/mol. The van der Waals surface area contributed by atoms with Crippen molar-refractivity contribution in [1.82, 2.24) is 4.98 Å². The molecule has 0 atom stereocenters. The summed E-state index contributed by atoms with van der Waals surface area (Å²) in [6.45, 7) is 0. The van der Waals surface area contributed by atoms with Crippen LogP contribution in [-0.4, -0.2) is 27.8 Å². The molecule has 1 aliphatic heterocycles. The fourth-order valence-corrected chi connectivity index (χ4v) is 2.93. The van der Waals surface area contributed by atoms with E-state index in [0.29, 0.717) is 21.6 Å². The van der Waals surface area contributed by atoms with Gasteiger partial charge in [-0.2, -0.15) is 0 Å². The third kappa shape index (κ3) is 2.55. The Labute approximate surface area is 151 Å². The molecule has 4 rings (SSSR count). The zero-order valence-corrected chi connectivity index (χ0v) is 13.8. The van der Waals surface area contributed by atoms with E-state index in [2.05, 4.69) is 15.6 Å². The fraction of sp³-hybridized carbons (Fsp3) is 0. The van der Waals surface area contributed by atoms with Crippen LogP contribution in [0.15, 0.2) is 42.5 Å². The number of aromatic carboxylic acids is 1. The molecule has 2 aromatic carbocycles. The SMILES string of the molecule is O=C1Nc2c(Nc3ccc(Cl)cc3)nc3cc(C(=O)O)ccc3c2C1=O. The van der Waals surface area contributed by atoms with Gasteiger partial charge in [0.2, 0.25) is 0 Å². The van der Waals surface area contributed by atoms with Crippen molar-refractivity contribution in [2.24, 2.45) is 0 Å². The molecule has 0 fully saturated rings. The van der Waals surface area contributed by atoms with Gasteiger partial charge < -0.3 is 15.7 Å². The lowest BCUT2D eigenvalue weighted by atomic mass is 10.0. The van der Waals surface area contributed by atoms with Crippen molar-refractivity contribution in [2.75, 3.05) is 10.6 Å². The highest BCUT2D eigenvalue weighted by molar-refractivity contribution is 6.54. The topological polar surface area (TPSA) is 108 Å². The number of carbonyl (C=O) groups excluding carboxylic acids is 2. The molecule has 0 bridgehead atoms. The zero-order valence-electron chi connectivity index (χ0n) is 13.0. The second kappa shape index (κ2) is 5.82. The maximum Gasteiger partial charge on any atom is 0.335 e. The summed E-state index contributed by atoms with van der Waals surface area (Å²) in [5, 5.41) is 15.7. The van der Waals surface area contributed by atoms with Gasteiger partial charge in [0.25, 0.3) is 11.7 Å². The molecule has 128 valence electrons. The smallest absolute Gasteiger partial charge is 0.335 e. The van der Waals surface area contributed by atoms with Crippen molar-refractivity contribution in [3.8, 4) is 0 Å². The summed E-state index contributed by atoms with van der Waals surface area (Å²) < 4.78 is 0. The maximum absolute atomic E-state index is 12.3. The van der Waals surface area contributed by atoms with E-state index in [1.807, 2.05) is 0 Å². The number of carboxylic acid groups (broad SMARTS) is 1. The van der Waals surface area contributed by atoms with E-state index in [4.69, 9.17) is 11.6 Å². The average Bonchev–Trinajstić information content (AvgIpc) is 2.92. The van der Waals surface area contributed by atoms with E-state index in [1.165, 1.54) is 18.2 Å². The number of Topliss-reactive ketones (excluding diaryl/α,β-unsaturated/α-hetero) is 1. The number of carbonyl (C=O) groups is 3. The highest BCUT2D eigenvalue weighted by atomic mass is 35.5. The summed E-state index contributed by atoms with van der Waals surface area (Å²) in [5.41, 5.74) is 1.42. The Morgan fingerprint density at radius 3 is 2.54 bits per heavy atom. The van der Waals surface area contributed by atoms with Crippen LogP contribution in [0.2, 0.25) is 5.02 Å². The molecule has 0 spiro atoms. The van der Waals surface area contributed by atoms with Crippen LogP contribution in [0.3, 0.4) is 0 Å². The second-order valence-electron chi connectivity index (χ2n) is 5.66. The highest BCUT2D eigenvalue weighted by Crippen LogP contribution is 2.37. The number of fused-ring (bicyclic) bond motifs is 3. The van der Waals surface area contributed by atoms with Crippen molar-refractivity contribution in [2.45, 2.75) is 0 Å². The van der Waals surface area contributed by atoms with Gasteiger partial charge in [-0.05, 0) is 36.4 Å². The molecular formula is C18H10ClN3O4. The molecule has 0 saturated carbocycles. The normalized spacial score (nSPS) is 12.8. The number of rotatable bonds is 3. The van der Waals surface area contributed by atoms with E-state index in [9.17, 15) is 19.5 Å². The highest BCUT2D eigenvalue weighted by Gasteiger charge is 2.33. The Bertz CT molecular complexity index is 1110. The molecule has 3 N–H and O–H groups in total. The van der Waals surface area contributed by atoms with Crippen LogP contribution < -0.4 is 10.6 Å². The summed E-state index contributed by atoms with van der Waals surface area (Å²) >= 11 is 5.87. The van der Waals surface area contributed by atoms with Crippen molar-refractivity contribution >= 4 is 57.4 Å². The molecule has 8 heteroatoms. The first-order valence-electron chi connectivity index (χ1n) is 7.53. The first-order valence-corrected chi connectivity index (χ1v) is 7.91. The molecule has 2 heterocycles. The third-order valence-electron chi connectivity index (χ3n) is 4.01. The maximum atomic E-state index is 12.3. The summed E-state index contributed by atoms with van der Waals surface area (Å²) in [5.74, 6) is -2.30. The lowest BCUT2D eigenvalue weighted by Crippen LogP contribution is -2.12. The summed E-state index contributed by atoms with van der Waals surface area (Å²) in [6, 6.07) is 11.0. The molecule has 3 aromatic rings. The minimum absolute atomic E-state index is 0.0344. The number of hydrogen-bond acceptors (Lipinski definition) is 5. The van der Waals surface area contributed by atoms with Crippen LogP contribution in [-0.2, 0) is 4.79 Å². The Balaban J connectivity index is 1.93. The lowest BCUT2D eigenvalue weighted by Gasteiger charge is -2.12. The Morgan fingerprint density at radius 1 is 1.12 bits per heavy atom. The van der Waals surface area contributed by atoms with E-state index >= 15 is 0 Å². The van der Waals surface area contributed by atoms with E-state index in [0.717, 1.165) is 0 Å². The monoisotopic (exact) mass is 367 g/mol. The van der Waals surface area contributed by atoms with Crippen LogP contribution in [0.1, 0.15) is 20.7 Å². The van der Waals surface area contributed by atoms with Crippen molar-refractivity contribution in [3.63, 3.8) is 0 Å². The van der Waals surface area contributed by atoms with Crippen LogP contribution >= 0.6 is 11.6 Å². The van der Waals surface area contributed by atoms with Crippen molar-refractivity contribution < 1.29 is 19.5 Å². The van der Waals surface area contributed by atoms with Crippen LogP contribution in [0.5, 0.6) is 0 Å². The number of anilines is 3. The number of halogens is 1. The van der Waals surface area contributed by atoms with Crippen molar-refractivity contribution in [1.29, 1.82) is 0 Å². The molecule has 0 aliphatic carbocycles. The van der Waals surface area contributed by atoms with Crippen molar-refractivity contribution in [3.05, 3.63) is 58.6 Å². The van der Waals surface area contributed by atoms with E-state index in [1.54, 1.807) is 24.3 Å². The molecule has 26 heavy (non-hydrogen) atoms. The number of ketones is 1. The zero-order chi connectivity index (χ0) is 18.4. The standard InChI is InChI=1S/C18H10ClN3O4/c19-9-2-4-10(5-3-9)20-16-14-13(15(23)17(24)22-14)11-6-1-8(18(25)26)7-12(11)21-16/h1-7H,(H,20,21)(H,25,26)(H,22,23,24). The molecule has 0 radical (unpaired) electrons. The lowest BCUT2D eigenvalue weighted by molar-refractivity contribution is -0.112. The quantitative estimate of drug-likeness (QED) is 0.612. The van der Waals surface area contributed by atoms with Crippen LogP contribution in [0.4, 0.5) is 17.2 Å². The molecule has 1 amide bonds. The van der Waals surface area contributed by atoms with Gasteiger partial charge in [0.05, 0.1) is 22.3 Å². The molecule has 7 nitrogen and oxygen atoms in total. The van der Waals surface area contributed by atoms with Gasteiger partial charge >= 0.3 is 5.97 Å². The molecule has 1 aliphatic rings. The number of hydrogen-bond donors (Lipinski definition) is 3. The summed E-state index contributed by atoms with van der Waals surface area (Å²) in [4.78, 5) is 39.8. The number of aromatic nitrogens is 1. The van der Waals surface area contributed by atoms with Gasteiger partial charge in [-0.1, -0.05) is 17.7 Å². The number of pyridine rings is 1. The van der Waals surface area contributed by atoms with Crippen LogP contribution in [0.25, 0.3) is 10.9 Å². The van der Waals surface area contributed by atoms with Gasteiger partial charge in [-0.25, -0.2) is 9.78 Å². The minimum Gasteiger partial charge on any atom is -0.478 e. The number of benzene rings is 2. The summed E-state index contributed by atoms with van der Waals surface area (Å²) in [7, 11) is 0. The van der Waals surface area contributed by atoms with Gasteiger partial charge in [-0.15, -0.1) is 0 Å².